The summed E-state index contributed by atoms with van der Waals surface area (Å²) in [5, 5.41) is 2.81. The van der Waals surface area contributed by atoms with Crippen molar-refractivity contribution in [2.24, 2.45) is 0 Å². The SMILES string of the molecule is CCCCCC(=O)Nc1ccc(C(=O)COC(=O)c2cccc(N(C)C)c2)cc1. The Kier molecular flexibility index (Phi) is 8.40. The van der Waals surface area contributed by atoms with E-state index in [1.54, 1.807) is 42.5 Å². The van der Waals surface area contributed by atoms with Gasteiger partial charge >= 0.3 is 5.97 Å². The van der Waals surface area contributed by atoms with Crippen LogP contribution in [0.1, 0.15) is 53.3 Å². The van der Waals surface area contributed by atoms with Crippen LogP contribution in [0.15, 0.2) is 48.5 Å². The highest BCUT2D eigenvalue weighted by Crippen LogP contribution is 2.15. The fraction of sp³-hybridized carbons (Fsp3) is 0.348. The van der Waals surface area contributed by atoms with Crippen LogP contribution in [0, 0.1) is 0 Å². The normalized spacial score (nSPS) is 10.3. The Bertz CT molecular complexity index is 844. The number of unbranched alkanes of at least 4 members (excludes halogenated alkanes) is 2. The lowest BCUT2D eigenvalue weighted by Gasteiger charge is -2.13. The molecular formula is C23H28N2O4. The lowest BCUT2D eigenvalue weighted by Crippen LogP contribution is -2.15. The van der Waals surface area contributed by atoms with Crippen LogP contribution in [-0.2, 0) is 9.53 Å². The number of anilines is 2. The molecule has 2 rings (SSSR count). The largest absolute Gasteiger partial charge is 0.454 e. The van der Waals surface area contributed by atoms with E-state index in [1.807, 2.05) is 25.1 Å². The molecule has 2 aromatic rings. The summed E-state index contributed by atoms with van der Waals surface area (Å²) in [6.45, 7) is 1.75. The van der Waals surface area contributed by atoms with Crippen LogP contribution >= 0.6 is 0 Å². The van der Waals surface area contributed by atoms with Crippen LogP contribution in [0.5, 0.6) is 0 Å². The number of hydrogen-bond acceptors (Lipinski definition) is 5. The van der Waals surface area contributed by atoms with Crippen molar-refractivity contribution in [3.63, 3.8) is 0 Å². The second kappa shape index (κ2) is 11.0. The molecule has 0 fully saturated rings. The Labute approximate surface area is 171 Å². The quantitative estimate of drug-likeness (QED) is 0.368. The van der Waals surface area contributed by atoms with Gasteiger partial charge in [-0.3, -0.25) is 9.59 Å². The first-order valence-corrected chi connectivity index (χ1v) is 9.78. The molecule has 154 valence electrons. The minimum atomic E-state index is -0.544. The Morgan fingerprint density at radius 2 is 1.69 bits per heavy atom. The third-order valence-corrected chi connectivity index (χ3v) is 4.43. The summed E-state index contributed by atoms with van der Waals surface area (Å²) >= 11 is 0. The number of carbonyl (C=O) groups is 3. The summed E-state index contributed by atoms with van der Waals surface area (Å²) in [4.78, 5) is 38.2. The van der Waals surface area contributed by atoms with Gasteiger partial charge in [-0.25, -0.2) is 4.79 Å². The van der Waals surface area contributed by atoms with Gasteiger partial charge in [-0.15, -0.1) is 0 Å². The molecule has 1 N–H and O–H groups in total. The van der Waals surface area contributed by atoms with E-state index < -0.39 is 5.97 Å². The van der Waals surface area contributed by atoms with E-state index in [0.717, 1.165) is 24.9 Å². The standard InChI is InChI=1S/C23H28N2O4/c1-4-5-6-10-22(27)24-19-13-11-17(12-14-19)21(26)16-29-23(28)18-8-7-9-20(15-18)25(2)3/h7-9,11-15H,4-6,10,16H2,1-3H3,(H,24,27). The van der Waals surface area contributed by atoms with Crippen LogP contribution < -0.4 is 10.2 Å². The lowest BCUT2D eigenvalue weighted by atomic mass is 10.1. The average molecular weight is 396 g/mol. The molecule has 1 amide bonds. The van der Waals surface area contributed by atoms with E-state index in [4.69, 9.17) is 4.74 Å². The number of ether oxygens (including phenoxy) is 1. The zero-order chi connectivity index (χ0) is 21.2. The Balaban J connectivity index is 1.87. The van der Waals surface area contributed by atoms with Crippen molar-refractivity contribution in [1.29, 1.82) is 0 Å². The van der Waals surface area contributed by atoms with Crippen LogP contribution in [-0.4, -0.2) is 38.4 Å². The fourth-order valence-corrected chi connectivity index (χ4v) is 2.71. The second-order valence-electron chi connectivity index (χ2n) is 7.03. The molecule has 0 atom stereocenters. The molecular weight excluding hydrogens is 368 g/mol. The maximum atomic E-state index is 12.3. The highest BCUT2D eigenvalue weighted by atomic mass is 16.5. The predicted octanol–water partition coefficient (Wildman–Crippen LogP) is 4.31. The van der Waals surface area contributed by atoms with Crippen molar-refractivity contribution in [1.82, 2.24) is 0 Å². The summed E-state index contributed by atoms with van der Waals surface area (Å²) in [7, 11) is 3.76. The average Bonchev–Trinajstić information content (AvgIpc) is 2.72. The highest BCUT2D eigenvalue weighted by Gasteiger charge is 2.13. The first-order valence-electron chi connectivity index (χ1n) is 9.78. The van der Waals surface area contributed by atoms with E-state index in [2.05, 4.69) is 12.2 Å². The van der Waals surface area contributed by atoms with Crippen molar-refractivity contribution in [3.8, 4) is 0 Å². The number of rotatable bonds is 10. The molecule has 0 saturated heterocycles. The van der Waals surface area contributed by atoms with Crippen molar-refractivity contribution in [2.75, 3.05) is 30.9 Å². The molecule has 0 aliphatic rings. The first-order chi connectivity index (χ1) is 13.9. The summed E-state index contributed by atoms with van der Waals surface area (Å²) in [5.41, 5.74) is 2.33. The van der Waals surface area contributed by atoms with Gasteiger partial charge in [0.15, 0.2) is 12.4 Å². The molecule has 0 aliphatic heterocycles. The summed E-state index contributed by atoms with van der Waals surface area (Å²) in [5.74, 6) is -0.882. The predicted molar refractivity (Wildman–Crippen MR) is 115 cm³/mol. The van der Waals surface area contributed by atoms with E-state index in [1.165, 1.54) is 0 Å². The van der Waals surface area contributed by atoms with Crippen molar-refractivity contribution >= 4 is 29.0 Å². The zero-order valence-electron chi connectivity index (χ0n) is 17.2. The van der Waals surface area contributed by atoms with Gasteiger partial charge in [-0.2, -0.15) is 0 Å². The zero-order valence-corrected chi connectivity index (χ0v) is 17.2. The summed E-state index contributed by atoms with van der Waals surface area (Å²) in [6, 6.07) is 13.6. The number of ketones is 1. The molecule has 0 aromatic heterocycles. The van der Waals surface area contributed by atoms with Gasteiger partial charge in [0, 0.05) is 37.5 Å². The number of esters is 1. The third kappa shape index (κ3) is 7.07. The molecule has 0 aliphatic carbocycles. The van der Waals surface area contributed by atoms with Gasteiger partial charge in [0.25, 0.3) is 0 Å². The molecule has 29 heavy (non-hydrogen) atoms. The van der Waals surface area contributed by atoms with Gasteiger partial charge in [-0.05, 0) is 48.9 Å². The molecule has 0 radical (unpaired) electrons. The van der Waals surface area contributed by atoms with Gasteiger partial charge < -0.3 is 15.0 Å². The van der Waals surface area contributed by atoms with Crippen molar-refractivity contribution < 1.29 is 19.1 Å². The van der Waals surface area contributed by atoms with E-state index in [0.29, 0.717) is 23.2 Å². The molecule has 0 saturated carbocycles. The van der Waals surface area contributed by atoms with Crippen LogP contribution in [0.4, 0.5) is 11.4 Å². The van der Waals surface area contributed by atoms with Crippen molar-refractivity contribution in [3.05, 3.63) is 59.7 Å². The monoisotopic (exact) mass is 396 g/mol. The Morgan fingerprint density at radius 3 is 2.34 bits per heavy atom. The smallest absolute Gasteiger partial charge is 0.338 e. The molecule has 6 heteroatoms. The molecule has 2 aromatic carbocycles. The van der Waals surface area contributed by atoms with Crippen molar-refractivity contribution in [2.45, 2.75) is 32.6 Å². The maximum Gasteiger partial charge on any atom is 0.338 e. The number of amides is 1. The molecule has 6 nitrogen and oxygen atoms in total. The van der Waals surface area contributed by atoms with E-state index >= 15 is 0 Å². The number of nitrogens with one attached hydrogen (secondary N) is 1. The number of hydrogen-bond donors (Lipinski definition) is 1. The highest BCUT2D eigenvalue weighted by molar-refractivity contribution is 6.00. The Morgan fingerprint density at radius 1 is 0.966 bits per heavy atom. The van der Waals surface area contributed by atoms with Crippen LogP contribution in [0.2, 0.25) is 0 Å². The van der Waals surface area contributed by atoms with Crippen LogP contribution in [0.3, 0.4) is 0 Å². The van der Waals surface area contributed by atoms with Gasteiger partial charge in [0.2, 0.25) is 5.91 Å². The number of Topliss-reactive ketones (excluding diaryl/α,β-unsaturated/α-hetero) is 1. The first kappa shape index (κ1) is 22.1. The van der Waals surface area contributed by atoms with E-state index in [-0.39, 0.29) is 18.3 Å². The fourth-order valence-electron chi connectivity index (χ4n) is 2.71. The summed E-state index contributed by atoms with van der Waals surface area (Å²) < 4.78 is 5.15. The minimum Gasteiger partial charge on any atom is -0.454 e. The molecule has 0 unspecified atom stereocenters. The van der Waals surface area contributed by atoms with Gasteiger partial charge in [-0.1, -0.05) is 25.8 Å². The summed E-state index contributed by atoms with van der Waals surface area (Å²) in [6.07, 6.45) is 3.44. The number of carbonyl (C=O) groups excluding carboxylic acids is 3. The lowest BCUT2D eigenvalue weighted by molar-refractivity contribution is -0.116. The number of nitrogens with zero attached hydrogens (tertiary/aromatic N) is 1. The maximum absolute atomic E-state index is 12.3. The third-order valence-electron chi connectivity index (χ3n) is 4.43. The van der Waals surface area contributed by atoms with E-state index in [9.17, 15) is 14.4 Å². The van der Waals surface area contributed by atoms with Gasteiger partial charge in [0.05, 0.1) is 5.56 Å². The topological polar surface area (TPSA) is 75.7 Å². The molecule has 0 spiro atoms. The van der Waals surface area contributed by atoms with Gasteiger partial charge in [0.1, 0.15) is 0 Å². The molecule has 0 bridgehead atoms. The second-order valence-corrected chi connectivity index (χ2v) is 7.03. The number of benzene rings is 2. The Hall–Kier alpha value is -3.15. The van der Waals surface area contributed by atoms with Crippen LogP contribution in [0.25, 0.3) is 0 Å². The minimum absolute atomic E-state index is 0.0357. The molecule has 0 heterocycles.